The second-order valence-corrected chi connectivity index (χ2v) is 3.35. The molecule has 46 valence electrons. The first kappa shape index (κ1) is 4.80. The van der Waals surface area contributed by atoms with Crippen LogP contribution in [0.25, 0.3) is 0 Å². The molecular formula is C7H12O. The summed E-state index contributed by atoms with van der Waals surface area (Å²) in [5.74, 6) is 2.44. The van der Waals surface area contributed by atoms with Crippen LogP contribution in [0, 0.1) is 17.8 Å². The highest BCUT2D eigenvalue weighted by molar-refractivity contribution is 5.00. The first-order valence-electron chi connectivity index (χ1n) is 3.47. The molecule has 2 aliphatic carbocycles. The third-order valence-corrected chi connectivity index (χ3v) is 2.86. The SMILES string of the molecule is C[C@H]1CC2CC(O)C21. The Morgan fingerprint density at radius 2 is 2.12 bits per heavy atom. The number of rotatable bonds is 0. The summed E-state index contributed by atoms with van der Waals surface area (Å²) in [5.41, 5.74) is 0. The molecule has 2 saturated carbocycles. The van der Waals surface area contributed by atoms with Gasteiger partial charge in [0.15, 0.2) is 0 Å². The molecule has 2 aliphatic rings. The standard InChI is InChI=1S/C7H12O/c1-4-2-5-3-6(8)7(4)5/h4-8H,2-3H2,1H3/t4-,5?,6?,7?/m0/s1. The van der Waals surface area contributed by atoms with E-state index in [9.17, 15) is 0 Å². The van der Waals surface area contributed by atoms with Crippen LogP contribution >= 0.6 is 0 Å². The highest BCUT2D eigenvalue weighted by Gasteiger charge is 2.50. The Labute approximate surface area is 49.7 Å². The average molecular weight is 112 g/mol. The van der Waals surface area contributed by atoms with E-state index in [1.165, 1.54) is 6.42 Å². The van der Waals surface area contributed by atoms with Crippen molar-refractivity contribution in [3.05, 3.63) is 0 Å². The first-order valence-corrected chi connectivity index (χ1v) is 3.47. The van der Waals surface area contributed by atoms with E-state index in [0.29, 0.717) is 5.92 Å². The molecule has 1 heteroatoms. The number of fused-ring (bicyclic) bond motifs is 1. The van der Waals surface area contributed by atoms with E-state index in [4.69, 9.17) is 5.11 Å². The van der Waals surface area contributed by atoms with E-state index < -0.39 is 0 Å². The Morgan fingerprint density at radius 3 is 2.38 bits per heavy atom. The second-order valence-electron chi connectivity index (χ2n) is 3.35. The minimum absolute atomic E-state index is 0.0729. The largest absolute Gasteiger partial charge is 0.393 e. The van der Waals surface area contributed by atoms with Crippen molar-refractivity contribution in [2.24, 2.45) is 17.8 Å². The molecule has 0 heterocycles. The molecule has 0 saturated heterocycles. The molecule has 0 aromatic heterocycles. The fraction of sp³-hybridized carbons (Fsp3) is 1.00. The minimum atomic E-state index is 0.0729. The van der Waals surface area contributed by atoms with Crippen molar-refractivity contribution in [2.75, 3.05) is 0 Å². The Hall–Kier alpha value is -0.0400. The molecule has 0 radical (unpaired) electrons. The van der Waals surface area contributed by atoms with Crippen molar-refractivity contribution in [1.29, 1.82) is 0 Å². The topological polar surface area (TPSA) is 20.2 Å². The van der Waals surface area contributed by atoms with E-state index in [1.807, 2.05) is 0 Å². The van der Waals surface area contributed by atoms with E-state index in [-0.39, 0.29) is 6.10 Å². The molecular weight excluding hydrogens is 100 g/mol. The monoisotopic (exact) mass is 112 g/mol. The van der Waals surface area contributed by atoms with Crippen LogP contribution < -0.4 is 0 Å². The molecule has 2 fully saturated rings. The smallest absolute Gasteiger partial charge is 0.0576 e. The maximum atomic E-state index is 9.11. The Morgan fingerprint density at radius 1 is 1.38 bits per heavy atom. The number of hydrogen-bond donors (Lipinski definition) is 1. The van der Waals surface area contributed by atoms with Crippen LogP contribution in [0.3, 0.4) is 0 Å². The number of aliphatic hydroxyl groups excluding tert-OH is 1. The molecule has 0 aliphatic heterocycles. The lowest BCUT2D eigenvalue weighted by molar-refractivity contribution is -0.135. The maximum Gasteiger partial charge on any atom is 0.0576 e. The normalized spacial score (nSPS) is 60.8. The molecule has 0 aromatic carbocycles. The van der Waals surface area contributed by atoms with Crippen molar-refractivity contribution < 1.29 is 5.11 Å². The van der Waals surface area contributed by atoms with Crippen molar-refractivity contribution in [3.8, 4) is 0 Å². The summed E-state index contributed by atoms with van der Waals surface area (Å²) in [4.78, 5) is 0. The summed E-state index contributed by atoms with van der Waals surface area (Å²) >= 11 is 0. The summed E-state index contributed by atoms with van der Waals surface area (Å²) in [6.07, 6.45) is 2.54. The zero-order valence-corrected chi connectivity index (χ0v) is 5.17. The van der Waals surface area contributed by atoms with Crippen LogP contribution in [0.4, 0.5) is 0 Å². The third-order valence-electron chi connectivity index (χ3n) is 2.86. The lowest BCUT2D eigenvalue weighted by Crippen LogP contribution is -2.53. The summed E-state index contributed by atoms with van der Waals surface area (Å²) in [6, 6.07) is 0. The van der Waals surface area contributed by atoms with E-state index in [0.717, 1.165) is 18.3 Å². The van der Waals surface area contributed by atoms with Gasteiger partial charge in [0.25, 0.3) is 0 Å². The maximum absolute atomic E-state index is 9.11. The lowest BCUT2D eigenvalue weighted by Gasteiger charge is -2.55. The van der Waals surface area contributed by atoms with Crippen molar-refractivity contribution >= 4 is 0 Å². The van der Waals surface area contributed by atoms with Gasteiger partial charge in [-0.15, -0.1) is 0 Å². The van der Waals surface area contributed by atoms with Gasteiger partial charge < -0.3 is 5.11 Å². The van der Waals surface area contributed by atoms with Gasteiger partial charge in [0.1, 0.15) is 0 Å². The lowest BCUT2D eigenvalue weighted by atomic mass is 9.52. The summed E-state index contributed by atoms with van der Waals surface area (Å²) in [7, 11) is 0. The summed E-state index contributed by atoms with van der Waals surface area (Å²) in [5, 5.41) is 9.11. The van der Waals surface area contributed by atoms with Crippen LogP contribution in [0.15, 0.2) is 0 Å². The van der Waals surface area contributed by atoms with Gasteiger partial charge in [0, 0.05) is 0 Å². The van der Waals surface area contributed by atoms with Gasteiger partial charge >= 0.3 is 0 Å². The van der Waals surface area contributed by atoms with Gasteiger partial charge in [-0.05, 0) is 30.6 Å². The molecule has 2 rings (SSSR count). The second kappa shape index (κ2) is 1.27. The molecule has 1 nitrogen and oxygen atoms in total. The van der Waals surface area contributed by atoms with Crippen molar-refractivity contribution in [1.82, 2.24) is 0 Å². The molecule has 8 heavy (non-hydrogen) atoms. The molecule has 0 spiro atoms. The quantitative estimate of drug-likeness (QED) is 0.496. The fourth-order valence-electron chi connectivity index (χ4n) is 2.28. The van der Waals surface area contributed by atoms with Crippen LogP contribution in [-0.2, 0) is 0 Å². The zero-order chi connectivity index (χ0) is 5.72. The predicted octanol–water partition coefficient (Wildman–Crippen LogP) is 1.02. The molecule has 0 aromatic rings. The van der Waals surface area contributed by atoms with Gasteiger partial charge in [-0.3, -0.25) is 0 Å². The Balaban J connectivity index is 1.99. The van der Waals surface area contributed by atoms with E-state index in [2.05, 4.69) is 6.92 Å². The van der Waals surface area contributed by atoms with Gasteiger partial charge in [0.2, 0.25) is 0 Å². The Bertz CT molecular complexity index is 92.2. The van der Waals surface area contributed by atoms with Crippen LogP contribution in [0.5, 0.6) is 0 Å². The molecule has 0 amide bonds. The van der Waals surface area contributed by atoms with Crippen LogP contribution in [0.1, 0.15) is 19.8 Å². The highest BCUT2D eigenvalue weighted by Crippen LogP contribution is 2.53. The van der Waals surface area contributed by atoms with Crippen molar-refractivity contribution in [3.63, 3.8) is 0 Å². The van der Waals surface area contributed by atoms with Crippen molar-refractivity contribution in [2.45, 2.75) is 25.9 Å². The van der Waals surface area contributed by atoms with E-state index in [1.54, 1.807) is 0 Å². The average Bonchev–Trinajstić information content (AvgIpc) is 1.63. The van der Waals surface area contributed by atoms with Gasteiger partial charge in [0.05, 0.1) is 6.10 Å². The van der Waals surface area contributed by atoms with Gasteiger partial charge in [-0.2, -0.15) is 0 Å². The fourth-order valence-corrected chi connectivity index (χ4v) is 2.28. The molecule has 1 N–H and O–H groups in total. The minimum Gasteiger partial charge on any atom is -0.393 e. The van der Waals surface area contributed by atoms with Crippen LogP contribution in [-0.4, -0.2) is 11.2 Å². The summed E-state index contributed by atoms with van der Waals surface area (Å²) in [6.45, 7) is 2.24. The third kappa shape index (κ3) is 0.368. The molecule has 4 atom stereocenters. The highest BCUT2D eigenvalue weighted by atomic mass is 16.3. The Kier molecular flexibility index (Phi) is 0.762. The summed E-state index contributed by atoms with van der Waals surface area (Å²) < 4.78 is 0. The zero-order valence-electron chi connectivity index (χ0n) is 5.17. The first-order chi connectivity index (χ1) is 3.79. The number of aliphatic hydroxyl groups is 1. The van der Waals surface area contributed by atoms with E-state index >= 15 is 0 Å². The predicted molar refractivity (Wildman–Crippen MR) is 31.4 cm³/mol. The van der Waals surface area contributed by atoms with Gasteiger partial charge in [-0.1, -0.05) is 6.92 Å². The van der Waals surface area contributed by atoms with Gasteiger partial charge in [-0.25, -0.2) is 0 Å². The van der Waals surface area contributed by atoms with Crippen LogP contribution in [0.2, 0.25) is 0 Å². The number of hydrogen-bond acceptors (Lipinski definition) is 1. The molecule has 3 unspecified atom stereocenters. The molecule has 0 bridgehead atoms.